The van der Waals surface area contributed by atoms with E-state index < -0.39 is 19.5 Å². The predicted octanol–water partition coefficient (Wildman–Crippen LogP) is -0.579. The first-order valence-electron chi connectivity index (χ1n) is 8.63. The van der Waals surface area contributed by atoms with Crippen molar-refractivity contribution in [3.05, 3.63) is 95.6 Å². The van der Waals surface area contributed by atoms with Gasteiger partial charge in [-0.2, -0.15) is 0 Å². The molecule has 1 aliphatic rings. The molecule has 0 bridgehead atoms. The van der Waals surface area contributed by atoms with E-state index in [-0.39, 0.29) is 24.8 Å². The van der Waals surface area contributed by atoms with Crippen LogP contribution in [0, 0.1) is 0 Å². The Hall–Kier alpha value is -1.35. The number of hydrogen-bond donors (Lipinski definition) is 0. The Morgan fingerprint density at radius 3 is 2.37 bits per heavy atom. The largest absolute Gasteiger partial charge is 1.00 e. The van der Waals surface area contributed by atoms with E-state index in [0.717, 1.165) is 6.42 Å². The van der Waals surface area contributed by atoms with Gasteiger partial charge in [-0.15, -0.1) is 0 Å². The number of allylic oxidation sites excluding steroid dienone is 4. The maximum Gasteiger partial charge on any atom is -1.00 e. The molecule has 0 amide bonds. The fourth-order valence-corrected chi connectivity index (χ4v) is 5.00. The summed E-state index contributed by atoms with van der Waals surface area (Å²) in [5.74, 6) is 0. The topological polar surface area (TPSA) is 9.23 Å². The van der Waals surface area contributed by atoms with Crippen LogP contribution in [0.5, 0.6) is 0 Å². The molecule has 4 rings (SSSR count). The molecule has 0 saturated heterocycles. The van der Waals surface area contributed by atoms with Crippen molar-refractivity contribution in [3.8, 4) is 0 Å². The Morgan fingerprint density at radius 1 is 0.889 bits per heavy atom. The SMILES string of the molecule is CC1=C(c2ccc3ccccc3[c]2[Ti+2][O]Cc2ccccc2)CC=C1.[Cl-].[Cl-]. The van der Waals surface area contributed by atoms with E-state index in [1.54, 1.807) is 0 Å². The molecule has 0 aromatic heterocycles. The minimum atomic E-state index is -0.679. The van der Waals surface area contributed by atoms with Crippen molar-refractivity contribution in [1.82, 2.24) is 0 Å². The summed E-state index contributed by atoms with van der Waals surface area (Å²) >= 11 is -0.679. The van der Waals surface area contributed by atoms with Gasteiger partial charge in [0, 0.05) is 0 Å². The summed E-state index contributed by atoms with van der Waals surface area (Å²) in [5, 5.41) is 2.65. The summed E-state index contributed by atoms with van der Waals surface area (Å²) in [7, 11) is 0. The van der Waals surface area contributed by atoms with Crippen molar-refractivity contribution in [2.75, 3.05) is 0 Å². The van der Waals surface area contributed by atoms with Gasteiger partial charge in [0.05, 0.1) is 0 Å². The summed E-state index contributed by atoms with van der Waals surface area (Å²) in [4.78, 5) is 0. The maximum atomic E-state index is 6.23. The molecular weight excluding hydrogens is 411 g/mol. The number of fused-ring (bicyclic) bond motifs is 1. The second-order valence-corrected chi connectivity index (χ2v) is 7.90. The average Bonchev–Trinajstić information content (AvgIpc) is 3.08. The minimum absolute atomic E-state index is 0. The standard InChI is InChI=1S/C16H13.C7H7O.2ClH.Ti/c1-12-5-4-8-16(12)15-10-9-13-6-2-3-7-14(13)11-15;8-6-7-4-2-1-3-5-7;;;/h2-7,9-10H,8H2,1H3;1-5H,6H2;2*1H;/q;-1;;;+3/p-2. The summed E-state index contributed by atoms with van der Waals surface area (Å²) in [5.41, 5.74) is 5.46. The van der Waals surface area contributed by atoms with E-state index >= 15 is 0 Å². The zero-order valence-corrected chi connectivity index (χ0v) is 18.2. The molecule has 4 heteroatoms. The average molecular weight is 431 g/mol. The molecule has 1 nitrogen and oxygen atoms in total. The smallest absolute Gasteiger partial charge is 1.00 e. The van der Waals surface area contributed by atoms with Gasteiger partial charge in [0.2, 0.25) is 0 Å². The fraction of sp³-hybridized carbons (Fsp3) is 0.130. The van der Waals surface area contributed by atoms with Crippen molar-refractivity contribution in [1.29, 1.82) is 0 Å². The van der Waals surface area contributed by atoms with E-state index in [4.69, 9.17) is 3.32 Å². The third kappa shape index (κ3) is 4.93. The molecule has 0 aliphatic heterocycles. The van der Waals surface area contributed by atoms with Gasteiger partial charge in [0.15, 0.2) is 0 Å². The number of hydrogen-bond acceptors (Lipinski definition) is 1. The molecule has 0 radical (unpaired) electrons. The second kappa shape index (κ2) is 10.3. The number of halogens is 2. The normalized spacial score (nSPS) is 12.5. The first-order valence-corrected chi connectivity index (χ1v) is 10.0. The van der Waals surface area contributed by atoms with Crippen LogP contribution in [0.3, 0.4) is 0 Å². The van der Waals surface area contributed by atoms with Crippen LogP contribution in [0.15, 0.2) is 84.5 Å². The Balaban J connectivity index is 0.00000131. The van der Waals surface area contributed by atoms with E-state index in [1.807, 2.05) is 6.07 Å². The molecule has 0 N–H and O–H groups in total. The fourth-order valence-electron chi connectivity index (χ4n) is 3.34. The van der Waals surface area contributed by atoms with Crippen molar-refractivity contribution >= 4 is 20.2 Å². The summed E-state index contributed by atoms with van der Waals surface area (Å²) in [6.45, 7) is 2.91. The van der Waals surface area contributed by atoms with Gasteiger partial charge in [-0.25, -0.2) is 0 Å². The van der Waals surface area contributed by atoms with Crippen molar-refractivity contribution in [3.63, 3.8) is 0 Å². The first kappa shape index (κ1) is 21.9. The zero-order valence-electron chi connectivity index (χ0n) is 15.1. The predicted molar refractivity (Wildman–Crippen MR) is 101 cm³/mol. The van der Waals surface area contributed by atoms with Gasteiger partial charge in [-0.05, 0) is 0 Å². The van der Waals surface area contributed by atoms with Crippen LogP contribution in [0.25, 0.3) is 16.3 Å². The zero-order chi connectivity index (χ0) is 17.1. The molecule has 0 saturated carbocycles. The van der Waals surface area contributed by atoms with E-state index in [1.165, 1.54) is 36.9 Å². The summed E-state index contributed by atoms with van der Waals surface area (Å²) in [6, 6.07) is 23.7. The molecule has 0 heterocycles. The van der Waals surface area contributed by atoms with Crippen LogP contribution in [-0.4, -0.2) is 0 Å². The molecule has 3 aromatic rings. The van der Waals surface area contributed by atoms with Gasteiger partial charge < -0.3 is 24.8 Å². The van der Waals surface area contributed by atoms with Crippen LogP contribution in [0.1, 0.15) is 24.5 Å². The summed E-state index contributed by atoms with van der Waals surface area (Å²) in [6.07, 6.45) is 5.52. The minimum Gasteiger partial charge on any atom is -1.00 e. The molecule has 0 spiro atoms. The van der Waals surface area contributed by atoms with Crippen molar-refractivity contribution in [2.45, 2.75) is 20.0 Å². The molecule has 27 heavy (non-hydrogen) atoms. The van der Waals surface area contributed by atoms with Gasteiger partial charge in [0.25, 0.3) is 0 Å². The van der Waals surface area contributed by atoms with Gasteiger partial charge in [0.1, 0.15) is 0 Å². The Morgan fingerprint density at radius 2 is 1.63 bits per heavy atom. The molecule has 0 atom stereocenters. The quantitative estimate of drug-likeness (QED) is 0.492. The second-order valence-electron chi connectivity index (χ2n) is 6.35. The monoisotopic (exact) mass is 430 g/mol. The molecule has 0 unspecified atom stereocenters. The Labute approximate surface area is 182 Å². The van der Waals surface area contributed by atoms with Gasteiger partial charge in [-0.1, -0.05) is 0 Å². The Bertz CT molecular complexity index is 965. The number of benzene rings is 3. The molecular formula is C23H20Cl2OTi. The van der Waals surface area contributed by atoms with Crippen LogP contribution in [0.4, 0.5) is 0 Å². The van der Waals surface area contributed by atoms with Crippen molar-refractivity contribution in [2.24, 2.45) is 0 Å². The first-order chi connectivity index (χ1) is 12.3. The van der Waals surface area contributed by atoms with Crippen molar-refractivity contribution < 1.29 is 47.7 Å². The van der Waals surface area contributed by atoms with Crippen LogP contribution < -0.4 is 28.7 Å². The maximum absolute atomic E-state index is 6.23. The van der Waals surface area contributed by atoms with Crippen LogP contribution >= 0.6 is 0 Å². The Kier molecular flexibility index (Phi) is 8.35. The van der Waals surface area contributed by atoms with Crippen LogP contribution in [-0.2, 0) is 29.5 Å². The van der Waals surface area contributed by atoms with Crippen LogP contribution in [0.2, 0.25) is 0 Å². The van der Waals surface area contributed by atoms with Gasteiger partial charge in [-0.3, -0.25) is 0 Å². The molecule has 0 fully saturated rings. The third-order valence-corrected chi connectivity index (χ3v) is 6.29. The molecule has 136 valence electrons. The molecule has 1 aliphatic carbocycles. The third-order valence-electron chi connectivity index (χ3n) is 4.68. The van der Waals surface area contributed by atoms with E-state index in [0.29, 0.717) is 6.61 Å². The van der Waals surface area contributed by atoms with E-state index in [9.17, 15) is 0 Å². The van der Waals surface area contributed by atoms with E-state index in [2.05, 4.69) is 79.7 Å². The summed E-state index contributed by atoms with van der Waals surface area (Å²) < 4.78 is 7.65. The molecule has 3 aromatic carbocycles. The van der Waals surface area contributed by atoms with Gasteiger partial charge >= 0.3 is 159 Å². The number of rotatable bonds is 5.